The van der Waals surface area contributed by atoms with Gasteiger partial charge in [0.05, 0.1) is 5.75 Å². The molecule has 5 nitrogen and oxygen atoms in total. The minimum atomic E-state index is -3.87. The summed E-state index contributed by atoms with van der Waals surface area (Å²) >= 11 is 0. The first-order valence-electron chi connectivity index (χ1n) is 5.27. The molecule has 1 atom stereocenters. The summed E-state index contributed by atoms with van der Waals surface area (Å²) in [5, 5.41) is 0. The van der Waals surface area contributed by atoms with Crippen molar-refractivity contribution in [2.75, 3.05) is 5.75 Å². The highest BCUT2D eigenvalue weighted by Gasteiger charge is 2.21. The second-order valence-electron chi connectivity index (χ2n) is 3.91. The Balaban J connectivity index is 2.72. The van der Waals surface area contributed by atoms with Crippen molar-refractivity contribution in [2.24, 2.45) is 5.73 Å². The largest absolute Gasteiger partial charge is 0.377 e. The average Bonchev–Trinajstić information content (AvgIpc) is 2.28. The van der Waals surface area contributed by atoms with E-state index in [1.807, 2.05) is 30.3 Å². The smallest absolute Gasteiger partial charge is 0.309 e. The van der Waals surface area contributed by atoms with Gasteiger partial charge in [-0.15, -0.1) is 0 Å². The van der Waals surface area contributed by atoms with E-state index in [2.05, 4.69) is 10.8 Å². The minimum absolute atomic E-state index is 0.247. The fourth-order valence-corrected chi connectivity index (χ4v) is 2.67. The lowest BCUT2D eigenvalue weighted by Crippen LogP contribution is -2.21. The van der Waals surface area contributed by atoms with E-state index in [9.17, 15) is 13.2 Å². The van der Waals surface area contributed by atoms with E-state index in [0.29, 0.717) is 0 Å². The van der Waals surface area contributed by atoms with Crippen molar-refractivity contribution in [3.63, 3.8) is 0 Å². The van der Waals surface area contributed by atoms with Gasteiger partial charge in [0.2, 0.25) is 0 Å². The molecule has 0 fully saturated rings. The van der Waals surface area contributed by atoms with Gasteiger partial charge in [0.1, 0.15) is 0 Å². The van der Waals surface area contributed by atoms with Crippen LogP contribution in [0.2, 0.25) is 0 Å². The molecule has 18 heavy (non-hydrogen) atoms. The van der Waals surface area contributed by atoms with E-state index in [0.717, 1.165) is 5.56 Å². The number of nitrogens with two attached hydrogens (primary N) is 1. The number of benzene rings is 1. The Hall–Kier alpha value is -1.82. The third kappa shape index (κ3) is 4.21. The summed E-state index contributed by atoms with van der Waals surface area (Å²) in [6.07, 6.45) is 0. The van der Waals surface area contributed by atoms with E-state index in [4.69, 9.17) is 5.73 Å². The van der Waals surface area contributed by atoms with E-state index in [1.165, 1.54) is 0 Å². The summed E-state index contributed by atoms with van der Waals surface area (Å²) in [5.41, 5.74) is 5.73. The van der Waals surface area contributed by atoms with E-state index < -0.39 is 21.8 Å². The molecule has 0 heterocycles. The third-order valence-corrected chi connectivity index (χ3v) is 3.69. The lowest BCUT2D eigenvalue weighted by Gasteiger charge is -2.12. The quantitative estimate of drug-likeness (QED) is 0.476. The molecule has 0 aromatic heterocycles. The van der Waals surface area contributed by atoms with Gasteiger partial charge in [0, 0.05) is 0 Å². The van der Waals surface area contributed by atoms with Gasteiger partial charge in [-0.3, -0.25) is 4.79 Å². The molecule has 0 aliphatic rings. The Morgan fingerprint density at radius 1 is 1.39 bits per heavy atom. The van der Waals surface area contributed by atoms with Crippen molar-refractivity contribution in [1.29, 1.82) is 0 Å². The molecule has 0 spiro atoms. The Bertz CT molecular complexity index is 536. The number of primary amides is 1. The maximum atomic E-state index is 11.6. The van der Waals surface area contributed by atoms with Crippen LogP contribution in [0.15, 0.2) is 42.7 Å². The van der Waals surface area contributed by atoms with Crippen LogP contribution in [0.5, 0.6) is 0 Å². The molecule has 6 heteroatoms. The highest BCUT2D eigenvalue weighted by Crippen LogP contribution is 2.18. The predicted octanol–water partition coefficient (Wildman–Crippen LogP) is 1.14. The van der Waals surface area contributed by atoms with Crippen LogP contribution in [-0.2, 0) is 19.1 Å². The molecule has 0 aliphatic carbocycles. The van der Waals surface area contributed by atoms with Gasteiger partial charge in [-0.25, -0.2) is 0 Å². The highest BCUT2D eigenvalue weighted by atomic mass is 32.2. The zero-order valence-corrected chi connectivity index (χ0v) is 10.8. The molecule has 1 amide bonds. The lowest BCUT2D eigenvalue weighted by atomic mass is 10.0. The average molecular weight is 269 g/mol. The topological polar surface area (TPSA) is 86.5 Å². The summed E-state index contributed by atoms with van der Waals surface area (Å²) in [7, 11) is -3.87. The first kappa shape index (κ1) is 14.2. The normalized spacial score (nSPS) is 12.7. The number of hydrogen-bond donors (Lipinski definition) is 1. The Kier molecular flexibility index (Phi) is 4.49. The van der Waals surface area contributed by atoms with Gasteiger partial charge in [-0.2, -0.15) is 8.42 Å². The van der Waals surface area contributed by atoms with Crippen molar-refractivity contribution in [3.8, 4) is 0 Å². The Morgan fingerprint density at radius 2 is 1.94 bits per heavy atom. The zero-order valence-electron chi connectivity index (χ0n) is 10.00. The van der Waals surface area contributed by atoms with Crippen LogP contribution in [0.3, 0.4) is 0 Å². The molecule has 1 aromatic carbocycles. The summed E-state index contributed by atoms with van der Waals surface area (Å²) < 4.78 is 27.8. The molecule has 0 aliphatic heterocycles. The number of rotatable bonds is 6. The van der Waals surface area contributed by atoms with E-state index in [1.54, 1.807) is 6.92 Å². The van der Waals surface area contributed by atoms with Gasteiger partial charge in [-0.1, -0.05) is 37.3 Å². The van der Waals surface area contributed by atoms with Crippen LogP contribution in [0, 0.1) is 0 Å². The number of hydrogen-bond acceptors (Lipinski definition) is 4. The van der Waals surface area contributed by atoms with Gasteiger partial charge in [-0.05, 0) is 18.1 Å². The molecule has 1 aromatic rings. The fraction of sp³-hybridized carbons (Fsp3) is 0.250. The first-order valence-corrected chi connectivity index (χ1v) is 6.85. The maximum absolute atomic E-state index is 11.6. The number of amides is 1. The zero-order chi connectivity index (χ0) is 13.8. The Morgan fingerprint density at radius 3 is 2.44 bits per heavy atom. The van der Waals surface area contributed by atoms with Gasteiger partial charge in [0.25, 0.3) is 5.91 Å². The SMILES string of the molecule is C=C(OS(=O)(=O)CC(C)c1ccccc1)C(N)=O. The predicted molar refractivity (Wildman–Crippen MR) is 68.1 cm³/mol. The summed E-state index contributed by atoms with van der Waals surface area (Å²) in [6.45, 7) is 4.90. The molecule has 0 bridgehead atoms. The van der Waals surface area contributed by atoms with Crippen LogP contribution < -0.4 is 5.73 Å². The van der Waals surface area contributed by atoms with Gasteiger partial charge < -0.3 is 9.92 Å². The molecule has 1 rings (SSSR count). The van der Waals surface area contributed by atoms with E-state index in [-0.39, 0.29) is 11.7 Å². The molecular formula is C12H15NO4S. The van der Waals surface area contributed by atoms with Crippen LogP contribution in [0.4, 0.5) is 0 Å². The Labute approximate surface area is 106 Å². The fourth-order valence-electron chi connectivity index (χ4n) is 1.41. The standard InChI is InChI=1S/C12H15NO4S/c1-9(11-6-4-3-5-7-11)8-18(15,16)17-10(2)12(13)14/h3-7,9H,2,8H2,1H3,(H2,13,14). The van der Waals surface area contributed by atoms with E-state index >= 15 is 0 Å². The van der Waals surface area contributed by atoms with Crippen molar-refractivity contribution in [1.82, 2.24) is 0 Å². The van der Waals surface area contributed by atoms with Crippen molar-refractivity contribution >= 4 is 16.0 Å². The van der Waals surface area contributed by atoms with Crippen LogP contribution >= 0.6 is 0 Å². The molecule has 1 unspecified atom stereocenters. The second-order valence-corrected chi connectivity index (χ2v) is 5.52. The second kappa shape index (κ2) is 5.68. The summed E-state index contributed by atoms with van der Waals surface area (Å²) in [5.74, 6) is -2.07. The minimum Gasteiger partial charge on any atom is -0.377 e. The first-order chi connectivity index (χ1) is 8.32. The van der Waals surface area contributed by atoms with Crippen molar-refractivity contribution in [3.05, 3.63) is 48.2 Å². The molecular weight excluding hydrogens is 254 g/mol. The number of carbonyl (C=O) groups is 1. The summed E-state index contributed by atoms with van der Waals surface area (Å²) in [4.78, 5) is 10.7. The van der Waals surface area contributed by atoms with Crippen LogP contribution in [0.25, 0.3) is 0 Å². The van der Waals surface area contributed by atoms with Gasteiger partial charge in [0.15, 0.2) is 5.76 Å². The van der Waals surface area contributed by atoms with Gasteiger partial charge >= 0.3 is 10.1 Å². The summed E-state index contributed by atoms with van der Waals surface area (Å²) in [6, 6.07) is 9.13. The monoisotopic (exact) mass is 269 g/mol. The third-order valence-electron chi connectivity index (χ3n) is 2.33. The van der Waals surface area contributed by atoms with Crippen molar-refractivity contribution < 1.29 is 17.4 Å². The number of carbonyl (C=O) groups excluding carboxylic acids is 1. The molecule has 2 N–H and O–H groups in total. The van der Waals surface area contributed by atoms with Crippen LogP contribution in [-0.4, -0.2) is 20.1 Å². The molecule has 0 saturated heterocycles. The van der Waals surface area contributed by atoms with Crippen molar-refractivity contribution in [2.45, 2.75) is 12.8 Å². The lowest BCUT2D eigenvalue weighted by molar-refractivity contribution is -0.116. The maximum Gasteiger partial charge on any atom is 0.309 e. The molecule has 0 saturated carbocycles. The molecule has 0 radical (unpaired) electrons. The molecule has 98 valence electrons. The highest BCUT2D eigenvalue weighted by molar-refractivity contribution is 7.86. The van der Waals surface area contributed by atoms with Crippen LogP contribution in [0.1, 0.15) is 18.4 Å².